The van der Waals surface area contributed by atoms with Gasteiger partial charge in [0.15, 0.2) is 0 Å². The van der Waals surface area contributed by atoms with E-state index in [1.54, 1.807) is 13.0 Å². The highest BCUT2D eigenvalue weighted by Crippen LogP contribution is 2.26. The van der Waals surface area contributed by atoms with E-state index in [2.05, 4.69) is 36.6 Å². The number of hydrogen-bond acceptors (Lipinski definition) is 3. The third-order valence-electron chi connectivity index (χ3n) is 2.98. The predicted molar refractivity (Wildman–Crippen MR) is 91.4 cm³/mol. The molecule has 2 aromatic rings. The van der Waals surface area contributed by atoms with Gasteiger partial charge in [0, 0.05) is 20.7 Å². The van der Waals surface area contributed by atoms with Gasteiger partial charge in [-0.2, -0.15) is 0 Å². The van der Waals surface area contributed by atoms with Crippen LogP contribution < -0.4 is 10.5 Å². The molecule has 4 nitrogen and oxygen atoms in total. The lowest BCUT2D eigenvalue weighted by atomic mass is 10.1. The van der Waals surface area contributed by atoms with E-state index in [9.17, 15) is 8.42 Å². The van der Waals surface area contributed by atoms with Crippen LogP contribution in [0.15, 0.2) is 56.3 Å². The van der Waals surface area contributed by atoms with Crippen LogP contribution in [0.3, 0.4) is 0 Å². The fourth-order valence-corrected chi connectivity index (χ4v) is 4.01. The molecular formula is C14H14Br2N2O2S. The first-order valence-electron chi connectivity index (χ1n) is 6.13. The molecule has 0 aliphatic rings. The van der Waals surface area contributed by atoms with Crippen molar-refractivity contribution < 1.29 is 8.42 Å². The molecule has 0 aliphatic heterocycles. The maximum Gasteiger partial charge on any atom is 0.241 e. The average molecular weight is 434 g/mol. The second-order valence-electron chi connectivity index (χ2n) is 4.55. The highest BCUT2D eigenvalue weighted by molar-refractivity contribution is 9.10. The molecule has 0 amide bonds. The van der Waals surface area contributed by atoms with Gasteiger partial charge in [-0.15, -0.1) is 0 Å². The first kappa shape index (κ1) is 16.5. The van der Waals surface area contributed by atoms with Crippen LogP contribution in [0.1, 0.15) is 18.5 Å². The molecule has 21 heavy (non-hydrogen) atoms. The summed E-state index contributed by atoms with van der Waals surface area (Å²) in [5, 5.41) is 0. The third kappa shape index (κ3) is 3.85. The van der Waals surface area contributed by atoms with Gasteiger partial charge in [0.1, 0.15) is 0 Å². The van der Waals surface area contributed by atoms with Crippen molar-refractivity contribution in [3.8, 4) is 0 Å². The molecular weight excluding hydrogens is 420 g/mol. The number of nitrogens with two attached hydrogens (primary N) is 1. The van der Waals surface area contributed by atoms with Crippen molar-refractivity contribution in [1.82, 2.24) is 4.72 Å². The summed E-state index contributed by atoms with van der Waals surface area (Å²) in [6, 6.07) is 11.7. The molecule has 2 rings (SSSR count). The quantitative estimate of drug-likeness (QED) is 0.719. The standard InChI is InChI=1S/C14H14Br2N2O2S/c1-9(11-4-2-3-5-12(11)15)18-21(19,20)10-6-7-13(16)14(17)8-10/h2-9,18H,17H2,1H3. The largest absolute Gasteiger partial charge is 0.398 e. The Morgan fingerprint density at radius 1 is 1.10 bits per heavy atom. The Kier molecular flexibility index (Phi) is 5.08. The van der Waals surface area contributed by atoms with Gasteiger partial charge in [0.25, 0.3) is 0 Å². The van der Waals surface area contributed by atoms with Gasteiger partial charge in [-0.1, -0.05) is 34.1 Å². The minimum absolute atomic E-state index is 0.141. The summed E-state index contributed by atoms with van der Waals surface area (Å²) in [5.74, 6) is 0. The Morgan fingerprint density at radius 2 is 1.76 bits per heavy atom. The van der Waals surface area contributed by atoms with E-state index in [-0.39, 0.29) is 10.9 Å². The number of hydrogen-bond donors (Lipinski definition) is 2. The van der Waals surface area contributed by atoms with Crippen molar-refractivity contribution in [3.63, 3.8) is 0 Å². The first-order valence-corrected chi connectivity index (χ1v) is 9.20. The highest BCUT2D eigenvalue weighted by atomic mass is 79.9. The van der Waals surface area contributed by atoms with E-state index < -0.39 is 10.0 Å². The highest BCUT2D eigenvalue weighted by Gasteiger charge is 2.20. The van der Waals surface area contributed by atoms with Crippen molar-refractivity contribution in [2.24, 2.45) is 0 Å². The molecule has 1 unspecified atom stereocenters. The van der Waals surface area contributed by atoms with Gasteiger partial charge in [-0.3, -0.25) is 0 Å². The molecule has 7 heteroatoms. The minimum atomic E-state index is -3.64. The zero-order valence-corrected chi connectivity index (χ0v) is 15.2. The van der Waals surface area contributed by atoms with Crippen molar-refractivity contribution in [2.75, 3.05) is 5.73 Å². The summed E-state index contributed by atoms with van der Waals surface area (Å²) in [6.45, 7) is 1.79. The van der Waals surface area contributed by atoms with E-state index in [0.717, 1.165) is 10.0 Å². The zero-order chi connectivity index (χ0) is 15.6. The molecule has 0 fully saturated rings. The van der Waals surface area contributed by atoms with Crippen molar-refractivity contribution in [3.05, 3.63) is 57.0 Å². The Balaban J connectivity index is 2.29. The molecule has 0 aromatic heterocycles. The Hall–Kier alpha value is -0.890. The molecule has 0 spiro atoms. The van der Waals surface area contributed by atoms with E-state index in [1.807, 2.05) is 24.3 Å². The van der Waals surface area contributed by atoms with Crippen molar-refractivity contribution in [1.29, 1.82) is 0 Å². The third-order valence-corrected chi connectivity index (χ3v) is 5.96. The number of halogens is 2. The van der Waals surface area contributed by atoms with Crippen LogP contribution in [-0.2, 0) is 10.0 Å². The molecule has 1 atom stereocenters. The molecule has 0 saturated heterocycles. The van der Waals surface area contributed by atoms with E-state index in [0.29, 0.717) is 10.2 Å². The first-order chi connectivity index (χ1) is 9.81. The SMILES string of the molecule is CC(NS(=O)(=O)c1ccc(Br)c(N)c1)c1ccccc1Br. The topological polar surface area (TPSA) is 72.2 Å². The molecule has 3 N–H and O–H groups in total. The number of nitrogen functional groups attached to an aromatic ring is 1. The van der Waals surface area contributed by atoms with Gasteiger partial charge < -0.3 is 5.73 Å². The number of benzene rings is 2. The van der Waals surface area contributed by atoms with Gasteiger partial charge in [0.05, 0.1) is 4.90 Å². The Bertz CT molecular complexity index is 763. The summed E-state index contributed by atoms with van der Waals surface area (Å²) in [7, 11) is -3.64. The van der Waals surface area contributed by atoms with Gasteiger partial charge in [-0.25, -0.2) is 13.1 Å². The van der Waals surface area contributed by atoms with Crippen molar-refractivity contribution >= 4 is 47.6 Å². The van der Waals surface area contributed by atoms with Crippen LogP contribution >= 0.6 is 31.9 Å². The van der Waals surface area contributed by atoms with Crippen LogP contribution in [0, 0.1) is 0 Å². The smallest absolute Gasteiger partial charge is 0.241 e. The number of sulfonamides is 1. The molecule has 0 radical (unpaired) electrons. The van der Waals surface area contributed by atoms with Gasteiger partial charge in [-0.05, 0) is 52.7 Å². The number of rotatable bonds is 4. The number of anilines is 1. The lowest BCUT2D eigenvalue weighted by Gasteiger charge is -2.16. The Morgan fingerprint density at radius 3 is 2.38 bits per heavy atom. The van der Waals surface area contributed by atoms with Crippen LogP contribution in [0.4, 0.5) is 5.69 Å². The van der Waals surface area contributed by atoms with E-state index in [4.69, 9.17) is 5.73 Å². The molecule has 0 aliphatic carbocycles. The van der Waals surface area contributed by atoms with E-state index >= 15 is 0 Å². The minimum Gasteiger partial charge on any atom is -0.398 e. The molecule has 0 bridgehead atoms. The summed E-state index contributed by atoms with van der Waals surface area (Å²) >= 11 is 6.67. The lowest BCUT2D eigenvalue weighted by Crippen LogP contribution is -2.27. The molecule has 0 saturated carbocycles. The van der Waals surface area contributed by atoms with Crippen molar-refractivity contribution in [2.45, 2.75) is 17.9 Å². The number of nitrogens with one attached hydrogen (secondary N) is 1. The predicted octanol–water partition coefficient (Wildman–Crippen LogP) is 3.83. The second kappa shape index (κ2) is 6.48. The van der Waals surface area contributed by atoms with Gasteiger partial charge in [0.2, 0.25) is 10.0 Å². The summed E-state index contributed by atoms with van der Waals surface area (Å²) in [4.78, 5) is 0.141. The average Bonchev–Trinajstić information content (AvgIpc) is 2.41. The van der Waals surface area contributed by atoms with Crippen LogP contribution in [0.5, 0.6) is 0 Å². The lowest BCUT2D eigenvalue weighted by molar-refractivity contribution is 0.566. The maximum atomic E-state index is 12.4. The second-order valence-corrected chi connectivity index (χ2v) is 7.97. The fourth-order valence-electron chi connectivity index (χ4n) is 1.88. The van der Waals surface area contributed by atoms with Crippen LogP contribution in [-0.4, -0.2) is 8.42 Å². The monoisotopic (exact) mass is 432 g/mol. The molecule has 112 valence electrons. The molecule has 2 aromatic carbocycles. The normalized spacial score (nSPS) is 13.1. The van der Waals surface area contributed by atoms with E-state index in [1.165, 1.54) is 12.1 Å². The zero-order valence-electron chi connectivity index (χ0n) is 11.2. The maximum absolute atomic E-state index is 12.4. The molecule has 0 heterocycles. The summed E-state index contributed by atoms with van der Waals surface area (Å²) in [5.41, 5.74) is 6.98. The fraction of sp³-hybridized carbons (Fsp3) is 0.143. The van der Waals surface area contributed by atoms with Gasteiger partial charge >= 0.3 is 0 Å². The van der Waals surface area contributed by atoms with Crippen LogP contribution in [0.25, 0.3) is 0 Å². The van der Waals surface area contributed by atoms with Crippen LogP contribution in [0.2, 0.25) is 0 Å². The Labute approximate surface area is 141 Å². The summed E-state index contributed by atoms with van der Waals surface area (Å²) in [6.07, 6.45) is 0. The summed E-state index contributed by atoms with van der Waals surface area (Å²) < 4.78 is 29.0.